The van der Waals surface area contributed by atoms with Gasteiger partial charge in [0.15, 0.2) is 0 Å². The molecule has 0 bridgehead atoms. The van der Waals surface area contributed by atoms with Crippen LogP contribution in [0.2, 0.25) is 0 Å². The van der Waals surface area contributed by atoms with Gasteiger partial charge in [-0.05, 0) is 43.7 Å². The number of thioether (sulfide) groups is 1. The normalized spacial score (nSPS) is 15.7. The van der Waals surface area contributed by atoms with E-state index in [1.807, 2.05) is 11.2 Å². The lowest BCUT2D eigenvalue weighted by atomic mass is 10.2. The van der Waals surface area contributed by atoms with Crippen molar-refractivity contribution in [2.75, 3.05) is 25.9 Å². The van der Waals surface area contributed by atoms with Gasteiger partial charge in [0.05, 0.1) is 10.5 Å². The zero-order chi connectivity index (χ0) is 19.0. The minimum absolute atomic E-state index is 0.0562. The van der Waals surface area contributed by atoms with Crippen molar-refractivity contribution in [1.82, 2.24) is 9.62 Å². The molecule has 1 aliphatic heterocycles. The van der Waals surface area contributed by atoms with Crippen LogP contribution < -0.4 is 4.72 Å². The van der Waals surface area contributed by atoms with E-state index in [0.717, 1.165) is 62.9 Å². The van der Waals surface area contributed by atoms with Gasteiger partial charge in [-0.3, -0.25) is 4.79 Å². The van der Waals surface area contributed by atoms with Crippen molar-refractivity contribution in [3.8, 4) is 0 Å². The minimum atomic E-state index is -3.59. The summed E-state index contributed by atoms with van der Waals surface area (Å²) in [4.78, 5) is 15.9. The first-order valence-corrected chi connectivity index (χ1v) is 12.2. The molecule has 26 heavy (non-hydrogen) atoms. The Hall–Kier alpha value is -1.05. The number of sulfonamides is 1. The lowest BCUT2D eigenvalue weighted by Crippen LogP contribution is -2.32. The Kier molecular flexibility index (Phi) is 8.44. The molecule has 5 nitrogen and oxygen atoms in total. The standard InChI is InChI=1S/C19H30N2O3S2/c1-3-4-7-12-20-26(23,24)16-10-11-18(25-2)17(15-16)19(22)21-13-8-5-6-9-14-21/h10-11,15,20H,3-9,12-14H2,1-2H3. The number of carbonyl (C=O) groups excluding carboxylic acids is 1. The van der Waals surface area contributed by atoms with E-state index in [0.29, 0.717) is 12.1 Å². The number of hydrogen-bond donors (Lipinski definition) is 1. The first-order chi connectivity index (χ1) is 12.5. The summed E-state index contributed by atoms with van der Waals surface area (Å²) in [5.41, 5.74) is 0.496. The van der Waals surface area contributed by atoms with Crippen molar-refractivity contribution in [3.05, 3.63) is 23.8 Å². The topological polar surface area (TPSA) is 66.5 Å². The third-order valence-electron chi connectivity index (χ3n) is 4.68. The van der Waals surface area contributed by atoms with Gasteiger partial charge in [0.2, 0.25) is 10.0 Å². The maximum Gasteiger partial charge on any atom is 0.255 e. The Morgan fingerprint density at radius 1 is 1.15 bits per heavy atom. The molecule has 1 heterocycles. The van der Waals surface area contributed by atoms with Crippen molar-refractivity contribution in [2.24, 2.45) is 0 Å². The van der Waals surface area contributed by atoms with Gasteiger partial charge in [-0.15, -0.1) is 11.8 Å². The SMILES string of the molecule is CCCCCNS(=O)(=O)c1ccc(SC)c(C(=O)N2CCCCCC2)c1. The Morgan fingerprint density at radius 2 is 1.85 bits per heavy atom. The van der Waals surface area contributed by atoms with Gasteiger partial charge in [-0.2, -0.15) is 0 Å². The Morgan fingerprint density at radius 3 is 2.46 bits per heavy atom. The molecule has 2 rings (SSSR count). The van der Waals surface area contributed by atoms with Gasteiger partial charge >= 0.3 is 0 Å². The zero-order valence-corrected chi connectivity index (χ0v) is 17.4. The monoisotopic (exact) mass is 398 g/mol. The first kappa shape index (κ1) is 21.3. The molecule has 0 atom stereocenters. The summed E-state index contributed by atoms with van der Waals surface area (Å²) in [6.45, 7) is 4.00. The van der Waals surface area contributed by atoms with E-state index < -0.39 is 10.0 Å². The molecule has 1 fully saturated rings. The molecule has 1 aromatic carbocycles. The van der Waals surface area contributed by atoms with Gasteiger partial charge in [0, 0.05) is 24.5 Å². The molecule has 1 saturated heterocycles. The second-order valence-electron chi connectivity index (χ2n) is 6.67. The van der Waals surface area contributed by atoms with Crippen molar-refractivity contribution in [1.29, 1.82) is 0 Å². The quantitative estimate of drug-likeness (QED) is 0.533. The number of nitrogens with zero attached hydrogens (tertiary/aromatic N) is 1. The molecule has 1 N–H and O–H groups in total. The molecule has 0 radical (unpaired) electrons. The third kappa shape index (κ3) is 5.72. The second-order valence-corrected chi connectivity index (χ2v) is 9.29. The van der Waals surface area contributed by atoms with E-state index in [1.165, 1.54) is 11.8 Å². The summed E-state index contributed by atoms with van der Waals surface area (Å²) in [7, 11) is -3.59. The van der Waals surface area contributed by atoms with Crippen molar-refractivity contribution in [3.63, 3.8) is 0 Å². The molecule has 0 spiro atoms. The molecule has 0 aliphatic carbocycles. The number of benzene rings is 1. The Bertz CT molecular complexity index is 697. The van der Waals surface area contributed by atoms with Gasteiger partial charge < -0.3 is 4.90 Å². The van der Waals surface area contributed by atoms with E-state index in [4.69, 9.17) is 0 Å². The van der Waals surface area contributed by atoms with Crippen LogP contribution in [0.3, 0.4) is 0 Å². The third-order valence-corrected chi connectivity index (χ3v) is 6.93. The maximum absolute atomic E-state index is 13.0. The molecular weight excluding hydrogens is 368 g/mol. The average Bonchev–Trinajstić information content (AvgIpc) is 2.93. The predicted octanol–water partition coefficient (Wildman–Crippen LogP) is 3.89. The number of likely N-dealkylation sites (tertiary alicyclic amines) is 1. The average molecular weight is 399 g/mol. The number of nitrogens with one attached hydrogen (secondary N) is 1. The predicted molar refractivity (Wildman–Crippen MR) is 107 cm³/mol. The van der Waals surface area contributed by atoms with Gasteiger partial charge in [0.25, 0.3) is 5.91 Å². The first-order valence-electron chi connectivity index (χ1n) is 9.46. The van der Waals surface area contributed by atoms with Gasteiger partial charge in [0.1, 0.15) is 0 Å². The summed E-state index contributed by atoms with van der Waals surface area (Å²) in [5.74, 6) is -0.0562. The van der Waals surface area contributed by atoms with Crippen molar-refractivity contribution < 1.29 is 13.2 Å². The van der Waals surface area contributed by atoms with E-state index >= 15 is 0 Å². The van der Waals surface area contributed by atoms with E-state index in [2.05, 4.69) is 11.6 Å². The van der Waals surface area contributed by atoms with Crippen LogP contribution in [0.15, 0.2) is 28.0 Å². The van der Waals surface area contributed by atoms with Crippen LogP contribution in [0.5, 0.6) is 0 Å². The fourth-order valence-corrected chi connectivity index (χ4v) is 4.80. The lowest BCUT2D eigenvalue weighted by molar-refractivity contribution is 0.0758. The summed E-state index contributed by atoms with van der Waals surface area (Å²) in [6, 6.07) is 4.88. The number of amides is 1. The van der Waals surface area contributed by atoms with Gasteiger partial charge in [-0.1, -0.05) is 32.6 Å². The molecule has 0 aromatic heterocycles. The van der Waals surface area contributed by atoms with Crippen LogP contribution in [0.1, 0.15) is 62.2 Å². The Balaban J connectivity index is 2.22. The summed E-state index contributed by atoms with van der Waals surface area (Å²) < 4.78 is 27.8. The fraction of sp³-hybridized carbons (Fsp3) is 0.632. The molecule has 7 heteroatoms. The molecular formula is C19H30N2O3S2. The van der Waals surface area contributed by atoms with Crippen molar-refractivity contribution >= 4 is 27.7 Å². The Labute approximate surface area is 162 Å². The van der Waals surface area contributed by atoms with E-state index in [1.54, 1.807) is 18.2 Å². The fourth-order valence-electron chi connectivity index (χ4n) is 3.13. The van der Waals surface area contributed by atoms with Gasteiger partial charge in [-0.25, -0.2) is 13.1 Å². The number of unbranched alkanes of at least 4 members (excludes halogenated alkanes) is 2. The molecule has 0 unspecified atom stereocenters. The van der Waals surface area contributed by atoms with Crippen LogP contribution in [0, 0.1) is 0 Å². The highest BCUT2D eigenvalue weighted by atomic mass is 32.2. The van der Waals surface area contributed by atoms with Crippen LogP contribution >= 0.6 is 11.8 Å². The van der Waals surface area contributed by atoms with E-state index in [9.17, 15) is 13.2 Å². The molecule has 1 amide bonds. The molecule has 0 saturated carbocycles. The number of hydrogen-bond acceptors (Lipinski definition) is 4. The summed E-state index contributed by atoms with van der Waals surface area (Å²) >= 11 is 1.47. The molecule has 146 valence electrons. The van der Waals surface area contributed by atoms with Crippen molar-refractivity contribution in [2.45, 2.75) is 61.7 Å². The highest BCUT2D eigenvalue weighted by molar-refractivity contribution is 7.98. The van der Waals surface area contributed by atoms with E-state index in [-0.39, 0.29) is 10.8 Å². The van der Waals surface area contributed by atoms with Crippen LogP contribution in [0.25, 0.3) is 0 Å². The minimum Gasteiger partial charge on any atom is -0.339 e. The smallest absolute Gasteiger partial charge is 0.255 e. The highest BCUT2D eigenvalue weighted by Gasteiger charge is 2.23. The lowest BCUT2D eigenvalue weighted by Gasteiger charge is -2.22. The molecule has 1 aliphatic rings. The zero-order valence-electron chi connectivity index (χ0n) is 15.8. The maximum atomic E-state index is 13.0. The molecule has 1 aromatic rings. The van der Waals surface area contributed by atoms with Crippen LogP contribution in [0.4, 0.5) is 0 Å². The largest absolute Gasteiger partial charge is 0.339 e. The number of carbonyl (C=O) groups is 1. The van der Waals surface area contributed by atoms with Crippen LogP contribution in [-0.2, 0) is 10.0 Å². The second kappa shape index (κ2) is 10.3. The highest BCUT2D eigenvalue weighted by Crippen LogP contribution is 2.26. The summed E-state index contributed by atoms with van der Waals surface area (Å²) in [5, 5.41) is 0. The van der Waals surface area contributed by atoms with Crippen LogP contribution in [-0.4, -0.2) is 45.1 Å². The summed E-state index contributed by atoms with van der Waals surface area (Å²) in [6.07, 6.45) is 9.08. The number of rotatable bonds is 8.